The number of aliphatic hydroxyl groups excluding tert-OH is 1. The summed E-state index contributed by atoms with van der Waals surface area (Å²) in [5.41, 5.74) is 0. The number of nitrogens with zero attached hydrogens (tertiary/aromatic N) is 3. The van der Waals surface area contributed by atoms with E-state index >= 15 is 0 Å². The van der Waals surface area contributed by atoms with Crippen LogP contribution in [0.25, 0.3) is 0 Å². The van der Waals surface area contributed by atoms with Crippen molar-refractivity contribution in [2.24, 2.45) is 0 Å². The van der Waals surface area contributed by atoms with Gasteiger partial charge in [-0.1, -0.05) is 4.49 Å². The molecule has 0 spiro atoms. The molecular formula is C3H5N3OS. The van der Waals surface area contributed by atoms with Crippen LogP contribution in [0.2, 0.25) is 0 Å². The van der Waals surface area contributed by atoms with Gasteiger partial charge in [0.05, 0.1) is 0 Å². The second-order valence-electron chi connectivity index (χ2n) is 1.23. The number of aromatic nitrogens is 3. The molecule has 4 nitrogen and oxygen atoms in total. The van der Waals surface area contributed by atoms with Crippen LogP contribution in [0.4, 0.5) is 0 Å². The molecule has 0 atom stereocenters. The number of aliphatic hydroxyl groups is 1. The van der Waals surface area contributed by atoms with E-state index in [1.54, 1.807) is 0 Å². The maximum absolute atomic E-state index is 8.35. The van der Waals surface area contributed by atoms with Crippen LogP contribution >= 0.6 is 11.5 Å². The van der Waals surface area contributed by atoms with Gasteiger partial charge in [-0.15, -0.1) is 5.10 Å². The lowest BCUT2D eigenvalue weighted by molar-refractivity contribution is 0.299. The Morgan fingerprint density at radius 2 is 2.50 bits per heavy atom. The Morgan fingerprint density at radius 1 is 1.62 bits per heavy atom. The zero-order chi connectivity index (χ0) is 5.82. The molecule has 5 heteroatoms. The van der Waals surface area contributed by atoms with Crippen molar-refractivity contribution >= 4 is 11.5 Å². The summed E-state index contributed by atoms with van der Waals surface area (Å²) in [6.07, 6.45) is 0.567. The molecule has 1 rings (SSSR count). The predicted molar refractivity (Wildman–Crippen MR) is 28.5 cm³/mol. The van der Waals surface area contributed by atoms with E-state index in [2.05, 4.69) is 14.8 Å². The fourth-order valence-corrected chi connectivity index (χ4v) is 0.766. The Labute approximate surface area is 50.3 Å². The Morgan fingerprint density at radius 3 is 3.00 bits per heavy atom. The molecule has 0 aliphatic heterocycles. The minimum absolute atomic E-state index is 0.122. The van der Waals surface area contributed by atoms with Gasteiger partial charge < -0.3 is 5.11 Å². The summed E-state index contributed by atoms with van der Waals surface area (Å²) in [7, 11) is 0. The third kappa shape index (κ3) is 1.21. The van der Waals surface area contributed by atoms with Gasteiger partial charge in [-0.2, -0.15) is 0 Å². The molecule has 0 aliphatic rings. The standard InChI is InChI=1S/C3H5N3OS/c7-2-1-3-4-5-6-8-3/h7H,1-2H2. The molecular weight excluding hydrogens is 126 g/mol. The van der Waals surface area contributed by atoms with Crippen LogP contribution in [0.5, 0.6) is 0 Å². The van der Waals surface area contributed by atoms with Gasteiger partial charge in [-0.25, -0.2) is 0 Å². The third-order valence-electron chi connectivity index (χ3n) is 0.665. The van der Waals surface area contributed by atoms with Gasteiger partial charge in [0.25, 0.3) is 0 Å². The third-order valence-corrected chi connectivity index (χ3v) is 1.32. The molecule has 0 radical (unpaired) electrons. The molecule has 0 aliphatic carbocycles. The Bertz CT molecular complexity index is 140. The first kappa shape index (κ1) is 5.58. The van der Waals surface area contributed by atoms with Crippen molar-refractivity contribution < 1.29 is 5.11 Å². The van der Waals surface area contributed by atoms with Crippen LogP contribution in [0.3, 0.4) is 0 Å². The highest BCUT2D eigenvalue weighted by Gasteiger charge is 1.93. The summed E-state index contributed by atoms with van der Waals surface area (Å²) in [4.78, 5) is 0. The van der Waals surface area contributed by atoms with E-state index in [9.17, 15) is 0 Å². The van der Waals surface area contributed by atoms with Crippen LogP contribution in [0, 0.1) is 0 Å². The van der Waals surface area contributed by atoms with Crippen molar-refractivity contribution in [3.63, 3.8) is 0 Å². The molecule has 0 fully saturated rings. The highest BCUT2D eigenvalue weighted by atomic mass is 32.1. The van der Waals surface area contributed by atoms with Gasteiger partial charge in [-0.05, 0) is 5.21 Å². The average Bonchev–Trinajstić information content (AvgIpc) is 2.19. The summed E-state index contributed by atoms with van der Waals surface area (Å²) < 4.78 is 3.51. The molecule has 0 unspecified atom stereocenters. The van der Waals surface area contributed by atoms with E-state index < -0.39 is 0 Å². The molecule has 8 heavy (non-hydrogen) atoms. The second kappa shape index (κ2) is 2.68. The van der Waals surface area contributed by atoms with Gasteiger partial charge in [0.2, 0.25) is 0 Å². The van der Waals surface area contributed by atoms with E-state index in [4.69, 9.17) is 5.11 Å². The molecule has 0 saturated heterocycles. The number of hydrogen-bond donors (Lipinski definition) is 1. The quantitative estimate of drug-likeness (QED) is 0.586. The Hall–Kier alpha value is -0.550. The molecule has 0 amide bonds. The molecule has 0 saturated carbocycles. The van der Waals surface area contributed by atoms with Crippen molar-refractivity contribution in [2.75, 3.05) is 6.61 Å². The maximum Gasteiger partial charge on any atom is 0.140 e. The minimum atomic E-state index is 0.122. The van der Waals surface area contributed by atoms with Crippen LogP contribution in [0.15, 0.2) is 0 Å². The van der Waals surface area contributed by atoms with Crippen molar-refractivity contribution in [1.82, 2.24) is 14.8 Å². The summed E-state index contributed by atoms with van der Waals surface area (Å²) in [5, 5.41) is 16.1. The summed E-state index contributed by atoms with van der Waals surface area (Å²) >= 11 is 1.22. The van der Waals surface area contributed by atoms with Gasteiger partial charge in [-0.3, -0.25) is 0 Å². The lowest BCUT2D eigenvalue weighted by Gasteiger charge is -1.80. The lowest BCUT2D eigenvalue weighted by Crippen LogP contribution is -1.88. The molecule has 1 N–H and O–H groups in total. The molecule has 1 aromatic rings. The summed E-state index contributed by atoms with van der Waals surface area (Å²) in [6, 6.07) is 0. The van der Waals surface area contributed by atoms with Crippen LogP contribution in [-0.2, 0) is 6.42 Å². The topological polar surface area (TPSA) is 58.9 Å². The Kier molecular flexibility index (Phi) is 1.87. The monoisotopic (exact) mass is 131 g/mol. The van der Waals surface area contributed by atoms with Gasteiger partial charge in [0.15, 0.2) is 0 Å². The fraction of sp³-hybridized carbons (Fsp3) is 0.667. The van der Waals surface area contributed by atoms with Crippen molar-refractivity contribution in [2.45, 2.75) is 6.42 Å². The summed E-state index contributed by atoms with van der Waals surface area (Å²) in [5.74, 6) is 0. The highest BCUT2D eigenvalue weighted by molar-refractivity contribution is 7.05. The van der Waals surface area contributed by atoms with Gasteiger partial charge in [0.1, 0.15) is 5.01 Å². The SMILES string of the molecule is OCCc1nnns1. The molecule has 1 heterocycles. The normalized spacial score (nSPS) is 9.62. The highest BCUT2D eigenvalue weighted by Crippen LogP contribution is 1.95. The maximum atomic E-state index is 8.35. The number of hydrogen-bond acceptors (Lipinski definition) is 5. The van der Waals surface area contributed by atoms with E-state index in [1.807, 2.05) is 0 Å². The first-order chi connectivity index (χ1) is 3.93. The van der Waals surface area contributed by atoms with Crippen molar-refractivity contribution in [3.8, 4) is 0 Å². The number of rotatable bonds is 2. The zero-order valence-electron chi connectivity index (χ0n) is 4.11. The van der Waals surface area contributed by atoms with Crippen LogP contribution in [-0.4, -0.2) is 26.5 Å². The smallest absolute Gasteiger partial charge is 0.140 e. The first-order valence-electron chi connectivity index (χ1n) is 2.18. The minimum Gasteiger partial charge on any atom is -0.396 e. The molecule has 1 aromatic heterocycles. The van der Waals surface area contributed by atoms with E-state index in [0.29, 0.717) is 6.42 Å². The predicted octanol–water partition coefficient (Wildman–Crippen LogP) is -0.532. The van der Waals surface area contributed by atoms with E-state index in [0.717, 1.165) is 5.01 Å². The van der Waals surface area contributed by atoms with Crippen molar-refractivity contribution in [3.05, 3.63) is 5.01 Å². The zero-order valence-corrected chi connectivity index (χ0v) is 4.93. The van der Waals surface area contributed by atoms with Gasteiger partial charge in [0, 0.05) is 24.6 Å². The Balaban J connectivity index is 2.50. The largest absolute Gasteiger partial charge is 0.396 e. The first-order valence-corrected chi connectivity index (χ1v) is 2.95. The van der Waals surface area contributed by atoms with Crippen molar-refractivity contribution in [1.29, 1.82) is 0 Å². The molecule has 44 valence electrons. The average molecular weight is 131 g/mol. The van der Waals surface area contributed by atoms with Gasteiger partial charge >= 0.3 is 0 Å². The fourth-order valence-electron chi connectivity index (χ4n) is 0.343. The summed E-state index contributed by atoms with van der Waals surface area (Å²) in [6.45, 7) is 0.122. The molecule has 0 aromatic carbocycles. The van der Waals surface area contributed by atoms with Crippen LogP contribution in [0.1, 0.15) is 5.01 Å². The second-order valence-corrected chi connectivity index (χ2v) is 2.05. The van der Waals surface area contributed by atoms with Crippen LogP contribution < -0.4 is 0 Å². The van der Waals surface area contributed by atoms with E-state index in [-0.39, 0.29) is 6.61 Å². The molecule has 0 bridgehead atoms. The lowest BCUT2D eigenvalue weighted by atomic mass is 10.5. The van der Waals surface area contributed by atoms with E-state index in [1.165, 1.54) is 11.5 Å².